The molecule has 1 rings (SSSR count). The molecule has 1 aromatic rings. The molecule has 0 saturated carbocycles. The van der Waals surface area contributed by atoms with Crippen molar-refractivity contribution < 1.29 is 9.59 Å². The lowest BCUT2D eigenvalue weighted by Crippen LogP contribution is -2.33. The van der Waals surface area contributed by atoms with Crippen LogP contribution >= 0.6 is 15.9 Å². The summed E-state index contributed by atoms with van der Waals surface area (Å²) >= 11 is 3.33. The van der Waals surface area contributed by atoms with Crippen LogP contribution in [0.5, 0.6) is 0 Å². The molecule has 0 unspecified atom stereocenters. The highest BCUT2D eigenvalue weighted by molar-refractivity contribution is 9.10. The molecule has 2 N–H and O–H groups in total. The lowest BCUT2D eigenvalue weighted by molar-refractivity contribution is -0.120. The molecule has 0 aliphatic carbocycles. The predicted molar refractivity (Wildman–Crippen MR) is 94.4 cm³/mol. The number of anilines is 1. The molecule has 122 valence electrons. The van der Waals surface area contributed by atoms with Gasteiger partial charge in [0.15, 0.2) is 0 Å². The number of carbonyl (C=O) groups excluding carboxylic acids is 2. The summed E-state index contributed by atoms with van der Waals surface area (Å²) in [6.45, 7) is 6.64. The third-order valence-corrected chi connectivity index (χ3v) is 4.21. The maximum atomic E-state index is 11.8. The van der Waals surface area contributed by atoms with E-state index in [2.05, 4.69) is 40.4 Å². The Bertz CT molecular complexity index is 486. The van der Waals surface area contributed by atoms with Gasteiger partial charge in [-0.05, 0) is 30.0 Å². The third-order valence-electron chi connectivity index (χ3n) is 3.34. The maximum Gasteiger partial charge on any atom is 0.233 e. The van der Waals surface area contributed by atoms with E-state index >= 15 is 0 Å². The second kappa shape index (κ2) is 9.62. The lowest BCUT2D eigenvalue weighted by atomic mass is 10.0. The molecule has 1 aromatic carbocycles. The predicted octanol–water partition coefficient (Wildman–Crippen LogP) is 3.82. The number of hydrogen-bond donors (Lipinski definition) is 2. The average Bonchev–Trinajstić information content (AvgIpc) is 2.47. The first-order valence-corrected chi connectivity index (χ1v) is 8.67. The van der Waals surface area contributed by atoms with Gasteiger partial charge in [-0.3, -0.25) is 9.59 Å². The van der Waals surface area contributed by atoms with Gasteiger partial charge >= 0.3 is 0 Å². The van der Waals surface area contributed by atoms with E-state index in [-0.39, 0.29) is 23.1 Å². The fourth-order valence-electron chi connectivity index (χ4n) is 1.97. The van der Waals surface area contributed by atoms with Gasteiger partial charge in [-0.15, -0.1) is 0 Å². The Morgan fingerprint density at radius 1 is 1.18 bits per heavy atom. The highest BCUT2D eigenvalue weighted by atomic mass is 79.9. The highest BCUT2D eigenvalue weighted by Crippen LogP contribution is 2.17. The zero-order valence-electron chi connectivity index (χ0n) is 13.5. The maximum absolute atomic E-state index is 11.8. The zero-order valence-corrected chi connectivity index (χ0v) is 15.1. The number of alkyl halides is 1. The van der Waals surface area contributed by atoms with Crippen LogP contribution < -0.4 is 10.6 Å². The standard InChI is InChI=1S/C17H25BrN2O2/c1-4-5-15(18)17(22)19-11-10-16(21)20-14-8-6-13(7-9-14)12(2)3/h6-9,12,15H,4-5,10-11H2,1-3H3,(H,19,22)(H,20,21)/t15-/m0/s1. The van der Waals surface area contributed by atoms with Crippen molar-refractivity contribution in [2.75, 3.05) is 11.9 Å². The van der Waals surface area contributed by atoms with Crippen molar-refractivity contribution in [2.24, 2.45) is 0 Å². The number of hydrogen-bond acceptors (Lipinski definition) is 2. The van der Waals surface area contributed by atoms with Gasteiger partial charge in [-0.1, -0.05) is 55.3 Å². The van der Waals surface area contributed by atoms with E-state index in [1.165, 1.54) is 5.56 Å². The van der Waals surface area contributed by atoms with E-state index in [0.29, 0.717) is 12.5 Å². The summed E-state index contributed by atoms with van der Waals surface area (Å²) in [5.41, 5.74) is 2.02. The highest BCUT2D eigenvalue weighted by Gasteiger charge is 2.13. The SMILES string of the molecule is CCC[C@H](Br)C(=O)NCCC(=O)Nc1ccc(C(C)C)cc1. The van der Waals surface area contributed by atoms with Crippen LogP contribution in [0.25, 0.3) is 0 Å². The van der Waals surface area contributed by atoms with Gasteiger partial charge in [0, 0.05) is 18.7 Å². The van der Waals surface area contributed by atoms with Gasteiger partial charge in [0.1, 0.15) is 0 Å². The molecule has 22 heavy (non-hydrogen) atoms. The van der Waals surface area contributed by atoms with Crippen LogP contribution in [0.3, 0.4) is 0 Å². The van der Waals surface area contributed by atoms with E-state index in [1.807, 2.05) is 31.2 Å². The van der Waals surface area contributed by atoms with Gasteiger partial charge in [0.2, 0.25) is 11.8 Å². The van der Waals surface area contributed by atoms with Crippen molar-refractivity contribution in [1.82, 2.24) is 5.32 Å². The molecule has 0 bridgehead atoms. The molecule has 0 aliphatic heterocycles. The Labute approximate surface area is 141 Å². The number of rotatable bonds is 8. The van der Waals surface area contributed by atoms with Gasteiger partial charge in [0.25, 0.3) is 0 Å². The summed E-state index contributed by atoms with van der Waals surface area (Å²) in [5, 5.41) is 5.60. The van der Waals surface area contributed by atoms with Crippen LogP contribution in [0.2, 0.25) is 0 Å². The smallest absolute Gasteiger partial charge is 0.233 e. The van der Waals surface area contributed by atoms with Crippen molar-refractivity contribution in [1.29, 1.82) is 0 Å². The molecule has 0 fully saturated rings. The Morgan fingerprint density at radius 3 is 2.36 bits per heavy atom. The number of benzene rings is 1. The van der Waals surface area contributed by atoms with Crippen molar-refractivity contribution in [3.63, 3.8) is 0 Å². The molecule has 0 aliphatic rings. The lowest BCUT2D eigenvalue weighted by Gasteiger charge is -2.10. The van der Waals surface area contributed by atoms with Crippen molar-refractivity contribution in [3.8, 4) is 0 Å². The minimum absolute atomic E-state index is 0.0593. The van der Waals surface area contributed by atoms with Crippen molar-refractivity contribution in [2.45, 2.75) is 50.8 Å². The molecule has 0 aromatic heterocycles. The number of nitrogens with one attached hydrogen (secondary N) is 2. The second-order valence-corrected chi connectivity index (χ2v) is 6.73. The summed E-state index contributed by atoms with van der Waals surface area (Å²) in [6.07, 6.45) is 2.00. The molecule has 0 saturated heterocycles. The Balaban J connectivity index is 2.33. The van der Waals surface area contributed by atoms with Gasteiger partial charge in [-0.2, -0.15) is 0 Å². The first-order valence-electron chi connectivity index (χ1n) is 7.75. The minimum atomic E-state index is -0.177. The molecule has 4 nitrogen and oxygen atoms in total. The molecule has 2 amide bonds. The Morgan fingerprint density at radius 2 is 1.82 bits per heavy atom. The van der Waals surface area contributed by atoms with Gasteiger partial charge < -0.3 is 10.6 Å². The largest absolute Gasteiger partial charge is 0.355 e. The van der Waals surface area contributed by atoms with E-state index in [9.17, 15) is 9.59 Å². The fourth-order valence-corrected chi connectivity index (χ4v) is 2.59. The topological polar surface area (TPSA) is 58.2 Å². The Hall–Kier alpha value is -1.36. The summed E-state index contributed by atoms with van der Waals surface area (Å²) in [6, 6.07) is 7.84. The summed E-state index contributed by atoms with van der Waals surface area (Å²) in [5.74, 6) is 0.315. The molecule has 0 radical (unpaired) electrons. The van der Waals surface area contributed by atoms with E-state index in [1.54, 1.807) is 0 Å². The normalized spacial score (nSPS) is 12.0. The first kappa shape index (κ1) is 18.7. The second-order valence-electron chi connectivity index (χ2n) is 5.62. The van der Waals surface area contributed by atoms with Crippen LogP contribution in [0.15, 0.2) is 24.3 Å². The first-order chi connectivity index (χ1) is 10.4. The van der Waals surface area contributed by atoms with E-state index in [4.69, 9.17) is 0 Å². The van der Waals surface area contributed by atoms with Crippen molar-refractivity contribution >= 4 is 33.4 Å². The average molecular weight is 369 g/mol. The van der Waals surface area contributed by atoms with Crippen LogP contribution in [0.1, 0.15) is 51.5 Å². The quantitative estimate of drug-likeness (QED) is 0.685. The molecular formula is C17H25BrN2O2. The Kier molecular flexibility index (Phi) is 8.17. The number of halogens is 1. The molecule has 0 spiro atoms. The van der Waals surface area contributed by atoms with Gasteiger partial charge in [-0.25, -0.2) is 0 Å². The molecule has 0 heterocycles. The number of amides is 2. The number of carbonyl (C=O) groups is 2. The minimum Gasteiger partial charge on any atom is -0.355 e. The summed E-state index contributed by atoms with van der Waals surface area (Å²) in [7, 11) is 0. The zero-order chi connectivity index (χ0) is 16.5. The summed E-state index contributed by atoms with van der Waals surface area (Å²) < 4.78 is 0. The van der Waals surface area contributed by atoms with Crippen LogP contribution in [-0.2, 0) is 9.59 Å². The monoisotopic (exact) mass is 368 g/mol. The summed E-state index contributed by atoms with van der Waals surface area (Å²) in [4.78, 5) is 23.3. The van der Waals surface area contributed by atoms with E-state index < -0.39 is 0 Å². The van der Waals surface area contributed by atoms with Crippen molar-refractivity contribution in [3.05, 3.63) is 29.8 Å². The molecule has 5 heteroatoms. The van der Waals surface area contributed by atoms with Crippen LogP contribution in [0.4, 0.5) is 5.69 Å². The van der Waals surface area contributed by atoms with E-state index in [0.717, 1.165) is 18.5 Å². The fraction of sp³-hybridized carbons (Fsp3) is 0.529. The van der Waals surface area contributed by atoms with Crippen LogP contribution in [0, 0.1) is 0 Å². The van der Waals surface area contributed by atoms with Crippen LogP contribution in [-0.4, -0.2) is 23.2 Å². The van der Waals surface area contributed by atoms with Gasteiger partial charge in [0.05, 0.1) is 4.83 Å². The molecular weight excluding hydrogens is 344 g/mol. The third kappa shape index (κ3) is 6.60. The molecule has 1 atom stereocenters.